The van der Waals surface area contributed by atoms with Gasteiger partial charge in [0.2, 0.25) is 11.8 Å². The van der Waals surface area contributed by atoms with Crippen LogP contribution in [0.5, 0.6) is 11.5 Å². The first-order valence-electron chi connectivity index (χ1n) is 16.4. The maximum Gasteiger partial charge on any atom is 0.482 e. The summed E-state index contributed by atoms with van der Waals surface area (Å²) in [5, 5.41) is 12.8. The highest BCUT2D eigenvalue weighted by Crippen LogP contribution is 2.65. The number of hydrogen-bond donors (Lipinski definition) is 1. The molecule has 3 saturated carbocycles. The lowest BCUT2D eigenvalue weighted by Gasteiger charge is -2.64. The van der Waals surface area contributed by atoms with Crippen molar-refractivity contribution in [2.24, 2.45) is 29.1 Å². The molecular weight excluding hydrogens is 581 g/mol. The van der Waals surface area contributed by atoms with Crippen LogP contribution in [0.4, 0.5) is 0 Å². The van der Waals surface area contributed by atoms with Gasteiger partial charge < -0.3 is 29.0 Å². The van der Waals surface area contributed by atoms with E-state index in [1.165, 1.54) is 11.3 Å². The van der Waals surface area contributed by atoms with Crippen molar-refractivity contribution >= 4 is 18.9 Å². The normalized spacial score (nSPS) is 26.0. The van der Waals surface area contributed by atoms with Crippen LogP contribution in [-0.4, -0.2) is 69.3 Å². The molecule has 2 aromatic carbocycles. The predicted octanol–water partition coefficient (Wildman–Crippen LogP) is 4.87. The lowest BCUT2D eigenvalue weighted by atomic mass is 9.43. The maximum absolute atomic E-state index is 13.4. The Labute approximate surface area is 274 Å². The van der Waals surface area contributed by atoms with Crippen LogP contribution < -0.4 is 14.8 Å². The molecule has 1 aliphatic heterocycles. The van der Waals surface area contributed by atoms with Crippen LogP contribution in [0.25, 0.3) is 0 Å². The molecule has 4 fully saturated rings. The molecular formula is C36H48BN3O6. The summed E-state index contributed by atoms with van der Waals surface area (Å²) in [5.41, 5.74) is 1.88. The van der Waals surface area contributed by atoms with Crippen molar-refractivity contribution in [1.82, 2.24) is 10.2 Å². The fourth-order valence-electron chi connectivity index (χ4n) is 7.84. The van der Waals surface area contributed by atoms with E-state index in [0.717, 1.165) is 17.5 Å². The number of benzene rings is 2. The predicted molar refractivity (Wildman–Crippen MR) is 176 cm³/mol. The number of methoxy groups -OCH3 is 1. The topological polar surface area (TPSA) is 110 Å². The van der Waals surface area contributed by atoms with Gasteiger partial charge >= 0.3 is 7.12 Å². The highest BCUT2D eigenvalue weighted by molar-refractivity contribution is 6.48. The zero-order valence-corrected chi connectivity index (χ0v) is 28.2. The number of hydrogen-bond acceptors (Lipinski definition) is 7. The quantitative estimate of drug-likeness (QED) is 0.315. The summed E-state index contributed by atoms with van der Waals surface area (Å²) in [6.07, 6.45) is 3.42. The van der Waals surface area contributed by atoms with Gasteiger partial charge in [0, 0.05) is 14.1 Å². The molecule has 1 N–H and O–H groups in total. The van der Waals surface area contributed by atoms with Crippen LogP contribution in [-0.2, 0) is 31.7 Å². The average molecular weight is 630 g/mol. The van der Waals surface area contributed by atoms with Gasteiger partial charge in [0.1, 0.15) is 5.92 Å². The number of carbonyl (C=O) groups is 2. The van der Waals surface area contributed by atoms with E-state index in [0.29, 0.717) is 36.2 Å². The van der Waals surface area contributed by atoms with Crippen molar-refractivity contribution in [1.29, 1.82) is 5.26 Å². The molecule has 0 spiro atoms. The van der Waals surface area contributed by atoms with Crippen molar-refractivity contribution in [2.75, 3.05) is 27.8 Å². The average Bonchev–Trinajstić information content (AvgIpc) is 3.39. The highest BCUT2D eigenvalue weighted by atomic mass is 16.7. The molecule has 4 aliphatic rings. The summed E-state index contributed by atoms with van der Waals surface area (Å²) >= 11 is 0. The van der Waals surface area contributed by atoms with Crippen molar-refractivity contribution < 1.29 is 28.4 Å². The van der Waals surface area contributed by atoms with E-state index in [1.807, 2.05) is 43.3 Å². The van der Waals surface area contributed by atoms with Crippen molar-refractivity contribution in [3.05, 3.63) is 59.7 Å². The van der Waals surface area contributed by atoms with Crippen molar-refractivity contribution in [3.8, 4) is 17.6 Å². The van der Waals surface area contributed by atoms with Crippen LogP contribution in [0.2, 0.25) is 0 Å². The van der Waals surface area contributed by atoms with Crippen LogP contribution >= 0.6 is 0 Å². The Hall–Kier alpha value is -3.55. The number of rotatable bonds is 13. The number of carbonyl (C=O) groups excluding carboxylic acids is 2. The molecule has 1 heterocycles. The zero-order valence-electron chi connectivity index (χ0n) is 28.2. The third-order valence-corrected chi connectivity index (χ3v) is 10.7. The molecule has 1 saturated heterocycles. The van der Waals surface area contributed by atoms with Gasteiger partial charge in [0.25, 0.3) is 0 Å². The molecule has 0 aromatic heterocycles. The van der Waals surface area contributed by atoms with E-state index in [2.05, 4.69) is 44.3 Å². The molecule has 2 bridgehead atoms. The molecule has 2 aromatic rings. The van der Waals surface area contributed by atoms with Gasteiger partial charge in [-0.1, -0.05) is 57.2 Å². The Kier molecular flexibility index (Phi) is 10.0. The smallest absolute Gasteiger partial charge is 0.482 e. The van der Waals surface area contributed by atoms with E-state index in [9.17, 15) is 14.9 Å². The lowest BCUT2D eigenvalue weighted by Crippen LogP contribution is -2.65. The minimum atomic E-state index is -0.745. The summed E-state index contributed by atoms with van der Waals surface area (Å²) in [6, 6.07) is 17.8. The fourth-order valence-corrected chi connectivity index (χ4v) is 7.84. The molecule has 10 heteroatoms. The first kappa shape index (κ1) is 33.8. The summed E-state index contributed by atoms with van der Waals surface area (Å²) in [7, 11) is 4.34. The number of ether oxygens (including phenoxy) is 2. The molecule has 2 amide bonds. The van der Waals surface area contributed by atoms with Crippen LogP contribution in [0.3, 0.4) is 0 Å². The SMILES string of the molecule is COc1ccc(CC(C)C(C#N)C(=O)N(C)C)cc1OCCC(=O)N[C@@H](Cc1ccccc1)B1O[C@@H]2C[C@@H]3C[C@@H](C3(C)C)[C@]2(C)O1. The Morgan fingerprint density at radius 1 is 1.09 bits per heavy atom. The molecule has 3 aliphatic carbocycles. The van der Waals surface area contributed by atoms with Gasteiger partial charge in [-0.25, -0.2) is 0 Å². The fraction of sp³-hybridized carbons (Fsp3) is 0.583. The first-order valence-corrected chi connectivity index (χ1v) is 16.4. The van der Waals surface area contributed by atoms with Gasteiger partial charge in [0.05, 0.1) is 43.9 Å². The van der Waals surface area contributed by atoms with Gasteiger partial charge in [0.15, 0.2) is 11.5 Å². The molecule has 0 radical (unpaired) electrons. The van der Waals surface area contributed by atoms with Crippen LogP contribution in [0.15, 0.2) is 48.5 Å². The van der Waals surface area contributed by atoms with Crippen LogP contribution in [0, 0.1) is 40.4 Å². The highest BCUT2D eigenvalue weighted by Gasteiger charge is 2.68. The van der Waals surface area contributed by atoms with Gasteiger partial charge in [-0.05, 0) is 79.0 Å². The summed E-state index contributed by atoms with van der Waals surface area (Å²) < 4.78 is 24.9. The second kappa shape index (κ2) is 13.7. The van der Waals surface area contributed by atoms with Gasteiger partial charge in [-0.15, -0.1) is 0 Å². The maximum atomic E-state index is 13.4. The van der Waals surface area contributed by atoms with E-state index in [1.54, 1.807) is 21.2 Å². The molecule has 6 rings (SSSR count). The van der Waals surface area contributed by atoms with E-state index >= 15 is 0 Å². The zero-order chi connectivity index (χ0) is 33.2. The third kappa shape index (κ3) is 6.77. The standard InChI is InChI=1S/C36H48BN3O6/c1-23(27(22-38)34(42)40(5)6)17-25-13-14-28(43-7)29(18-25)44-16-15-33(41)39-32(19-24-11-9-8-10-12-24)37-45-31-21-26-20-30(35(26,2)3)36(31,4)46-37/h8-14,18,23,26-27,30-32H,15-17,19-21H2,1-7H3,(H,39,41)/t23?,26-,27?,30-,31+,32-,36-/m0/s1. The minimum absolute atomic E-state index is 0.0275. The minimum Gasteiger partial charge on any atom is -0.493 e. The van der Waals surface area contributed by atoms with Crippen molar-refractivity contribution in [2.45, 2.75) is 77.4 Å². The van der Waals surface area contributed by atoms with E-state index in [4.69, 9.17) is 18.8 Å². The molecule has 46 heavy (non-hydrogen) atoms. The van der Waals surface area contributed by atoms with Crippen LogP contribution in [0.1, 0.15) is 58.1 Å². The van der Waals surface area contributed by atoms with E-state index in [-0.39, 0.29) is 53.8 Å². The molecule has 9 nitrogen and oxygen atoms in total. The third-order valence-electron chi connectivity index (χ3n) is 10.7. The monoisotopic (exact) mass is 629 g/mol. The number of amides is 2. The van der Waals surface area contributed by atoms with Crippen molar-refractivity contribution in [3.63, 3.8) is 0 Å². The largest absolute Gasteiger partial charge is 0.493 e. The lowest BCUT2D eigenvalue weighted by molar-refractivity contribution is -0.199. The summed E-state index contributed by atoms with van der Waals surface area (Å²) in [4.78, 5) is 27.3. The summed E-state index contributed by atoms with van der Waals surface area (Å²) in [6.45, 7) is 8.91. The Bertz CT molecular complexity index is 1440. The molecule has 2 unspecified atom stereocenters. The van der Waals surface area contributed by atoms with E-state index < -0.39 is 13.0 Å². The molecule has 7 atom stereocenters. The van der Waals surface area contributed by atoms with Gasteiger partial charge in [-0.3, -0.25) is 9.59 Å². The molecule has 246 valence electrons. The second-order valence-electron chi connectivity index (χ2n) is 14.3. The van der Waals surface area contributed by atoms with Gasteiger partial charge in [-0.2, -0.15) is 5.26 Å². The number of nitriles is 1. The number of nitrogens with one attached hydrogen (secondary N) is 1. The Morgan fingerprint density at radius 2 is 1.83 bits per heavy atom. The Morgan fingerprint density at radius 3 is 2.48 bits per heavy atom. The summed E-state index contributed by atoms with van der Waals surface area (Å²) in [5.74, 6) is 0.475. The second-order valence-corrected chi connectivity index (χ2v) is 14.3. The first-order chi connectivity index (χ1) is 21.9. The number of nitrogens with zero attached hydrogens (tertiary/aromatic N) is 2. The Balaban J connectivity index is 1.22.